The standard InChI is InChI=1S/C17H21N3O5/c18-16-6-1-12(9-20-16)15(21)10-19-7-8-24-13-2-4-14(5-3-13)25-11-17(22)23/h1-6,9,15,19,21H,7-8,10-11H2,(H2,18,20)(H,22,23)/t15-/m0/s1. The van der Waals surface area contributed by atoms with Crippen LogP contribution in [0.3, 0.4) is 0 Å². The molecule has 1 atom stereocenters. The highest BCUT2D eigenvalue weighted by atomic mass is 16.5. The number of nitrogens with one attached hydrogen (secondary N) is 1. The van der Waals surface area contributed by atoms with E-state index in [1.165, 1.54) is 0 Å². The molecule has 0 saturated carbocycles. The number of pyridine rings is 1. The van der Waals surface area contributed by atoms with Crippen molar-refractivity contribution in [1.29, 1.82) is 0 Å². The highest BCUT2D eigenvalue weighted by Gasteiger charge is 2.07. The average Bonchev–Trinajstić information content (AvgIpc) is 2.61. The van der Waals surface area contributed by atoms with Crippen LogP contribution in [0.15, 0.2) is 42.6 Å². The van der Waals surface area contributed by atoms with Gasteiger partial charge in [0.15, 0.2) is 6.61 Å². The van der Waals surface area contributed by atoms with Crippen LogP contribution >= 0.6 is 0 Å². The lowest BCUT2D eigenvalue weighted by atomic mass is 10.1. The first-order valence-corrected chi connectivity index (χ1v) is 7.72. The molecule has 134 valence electrons. The van der Waals surface area contributed by atoms with Gasteiger partial charge in [-0.2, -0.15) is 0 Å². The van der Waals surface area contributed by atoms with Crippen LogP contribution in [-0.2, 0) is 4.79 Å². The lowest BCUT2D eigenvalue weighted by Crippen LogP contribution is -2.26. The number of aliphatic carboxylic acids is 1. The van der Waals surface area contributed by atoms with E-state index in [1.54, 1.807) is 42.6 Å². The molecule has 0 saturated heterocycles. The minimum atomic E-state index is -1.02. The lowest BCUT2D eigenvalue weighted by molar-refractivity contribution is -0.139. The van der Waals surface area contributed by atoms with Crippen molar-refractivity contribution in [3.05, 3.63) is 48.2 Å². The van der Waals surface area contributed by atoms with E-state index in [9.17, 15) is 9.90 Å². The van der Waals surface area contributed by atoms with Crippen molar-refractivity contribution in [2.45, 2.75) is 6.10 Å². The summed E-state index contributed by atoms with van der Waals surface area (Å²) in [5, 5.41) is 21.6. The van der Waals surface area contributed by atoms with E-state index in [4.69, 9.17) is 20.3 Å². The number of hydrogen-bond acceptors (Lipinski definition) is 7. The number of anilines is 1. The number of nitrogens with zero attached hydrogens (tertiary/aromatic N) is 1. The summed E-state index contributed by atoms with van der Waals surface area (Å²) in [4.78, 5) is 14.3. The first-order chi connectivity index (χ1) is 12.0. The molecule has 25 heavy (non-hydrogen) atoms. The molecule has 2 aromatic rings. The number of hydrogen-bond donors (Lipinski definition) is 4. The van der Waals surface area contributed by atoms with Gasteiger partial charge in [-0.1, -0.05) is 6.07 Å². The molecule has 0 aliphatic heterocycles. The fourth-order valence-electron chi connectivity index (χ4n) is 1.99. The van der Waals surface area contributed by atoms with E-state index in [0.29, 0.717) is 42.6 Å². The summed E-state index contributed by atoms with van der Waals surface area (Å²) in [6, 6.07) is 10.1. The molecule has 0 amide bonds. The Hall–Kier alpha value is -2.84. The zero-order chi connectivity index (χ0) is 18.1. The number of carboxylic acid groups (broad SMARTS) is 1. The van der Waals surface area contributed by atoms with Gasteiger partial charge in [0.05, 0.1) is 6.10 Å². The molecule has 0 aliphatic carbocycles. The first kappa shape index (κ1) is 18.5. The van der Waals surface area contributed by atoms with Crippen LogP contribution in [-0.4, -0.2) is 47.5 Å². The minimum absolute atomic E-state index is 0.372. The molecule has 8 heteroatoms. The summed E-state index contributed by atoms with van der Waals surface area (Å²) in [5.74, 6) is 0.501. The monoisotopic (exact) mass is 347 g/mol. The highest BCUT2D eigenvalue weighted by molar-refractivity contribution is 5.68. The number of carbonyl (C=O) groups is 1. The molecule has 0 aliphatic rings. The Morgan fingerprint density at radius 3 is 2.44 bits per heavy atom. The molecule has 0 unspecified atom stereocenters. The van der Waals surface area contributed by atoms with Gasteiger partial charge in [-0.25, -0.2) is 9.78 Å². The normalized spacial score (nSPS) is 11.7. The number of nitrogen functional groups attached to an aromatic ring is 1. The van der Waals surface area contributed by atoms with Gasteiger partial charge >= 0.3 is 5.97 Å². The van der Waals surface area contributed by atoms with Crippen molar-refractivity contribution in [2.24, 2.45) is 0 Å². The molecule has 0 fully saturated rings. The summed E-state index contributed by atoms with van der Waals surface area (Å²) in [6.45, 7) is 0.964. The quantitative estimate of drug-likeness (QED) is 0.466. The van der Waals surface area contributed by atoms with Crippen molar-refractivity contribution < 1.29 is 24.5 Å². The third-order valence-corrected chi connectivity index (χ3v) is 3.27. The predicted molar refractivity (Wildman–Crippen MR) is 91.5 cm³/mol. The van der Waals surface area contributed by atoms with E-state index >= 15 is 0 Å². The summed E-state index contributed by atoms with van der Waals surface area (Å²) in [6.07, 6.45) is 0.880. The topological polar surface area (TPSA) is 127 Å². The molecule has 2 rings (SSSR count). The van der Waals surface area contributed by atoms with Crippen LogP contribution in [0.25, 0.3) is 0 Å². The van der Waals surface area contributed by atoms with Gasteiger partial charge in [-0.15, -0.1) is 0 Å². The summed E-state index contributed by atoms with van der Waals surface area (Å²) < 4.78 is 10.6. The Balaban J connectivity index is 1.64. The maximum atomic E-state index is 10.4. The number of rotatable bonds is 10. The summed E-state index contributed by atoms with van der Waals surface area (Å²) in [7, 11) is 0. The molecule has 0 bridgehead atoms. The van der Waals surface area contributed by atoms with Gasteiger partial charge in [0.2, 0.25) is 0 Å². The SMILES string of the molecule is Nc1ccc([C@@H](O)CNCCOc2ccc(OCC(=O)O)cc2)cn1. The largest absolute Gasteiger partial charge is 0.492 e. The number of aromatic nitrogens is 1. The van der Waals surface area contributed by atoms with Crippen molar-refractivity contribution in [2.75, 3.05) is 32.0 Å². The van der Waals surface area contributed by atoms with E-state index in [2.05, 4.69) is 10.3 Å². The fourth-order valence-corrected chi connectivity index (χ4v) is 1.99. The zero-order valence-corrected chi connectivity index (χ0v) is 13.6. The molecule has 1 aromatic heterocycles. The number of aliphatic hydroxyl groups excluding tert-OH is 1. The van der Waals surface area contributed by atoms with Gasteiger partial charge in [0.1, 0.15) is 23.9 Å². The van der Waals surface area contributed by atoms with E-state index in [-0.39, 0.29) is 6.61 Å². The smallest absolute Gasteiger partial charge is 0.341 e. The number of carboxylic acids is 1. The molecule has 1 heterocycles. The Kier molecular flexibility index (Phi) is 7.00. The molecule has 8 nitrogen and oxygen atoms in total. The molecule has 1 aromatic carbocycles. The van der Waals surface area contributed by atoms with Crippen LogP contribution in [0.4, 0.5) is 5.82 Å². The number of nitrogens with two attached hydrogens (primary N) is 1. The van der Waals surface area contributed by atoms with Crippen LogP contribution < -0.4 is 20.5 Å². The first-order valence-electron chi connectivity index (χ1n) is 7.72. The average molecular weight is 347 g/mol. The van der Waals surface area contributed by atoms with Crippen molar-refractivity contribution in [3.8, 4) is 11.5 Å². The Bertz CT molecular complexity index is 661. The second kappa shape index (κ2) is 9.45. The number of aliphatic hydroxyl groups is 1. The number of benzene rings is 1. The second-order valence-corrected chi connectivity index (χ2v) is 5.24. The molecule has 0 radical (unpaired) electrons. The van der Waals surface area contributed by atoms with Crippen LogP contribution in [0, 0.1) is 0 Å². The maximum Gasteiger partial charge on any atom is 0.341 e. The summed E-state index contributed by atoms with van der Waals surface area (Å²) in [5.41, 5.74) is 6.20. The zero-order valence-electron chi connectivity index (χ0n) is 13.6. The van der Waals surface area contributed by atoms with Crippen LogP contribution in [0.1, 0.15) is 11.7 Å². The van der Waals surface area contributed by atoms with Crippen molar-refractivity contribution >= 4 is 11.8 Å². The van der Waals surface area contributed by atoms with E-state index in [1.807, 2.05) is 0 Å². The summed E-state index contributed by atoms with van der Waals surface area (Å²) >= 11 is 0. The second-order valence-electron chi connectivity index (χ2n) is 5.24. The molecule has 0 spiro atoms. The maximum absolute atomic E-state index is 10.4. The third kappa shape index (κ3) is 6.66. The van der Waals surface area contributed by atoms with Gasteiger partial charge in [0.25, 0.3) is 0 Å². The van der Waals surface area contributed by atoms with Crippen molar-refractivity contribution in [3.63, 3.8) is 0 Å². The molecule has 5 N–H and O–H groups in total. The van der Waals surface area contributed by atoms with Gasteiger partial charge in [0, 0.05) is 24.8 Å². The van der Waals surface area contributed by atoms with Crippen LogP contribution in [0.5, 0.6) is 11.5 Å². The van der Waals surface area contributed by atoms with Crippen molar-refractivity contribution in [1.82, 2.24) is 10.3 Å². The van der Waals surface area contributed by atoms with Gasteiger partial charge in [-0.3, -0.25) is 0 Å². The third-order valence-electron chi connectivity index (χ3n) is 3.27. The molecular formula is C17H21N3O5. The molecular weight excluding hydrogens is 326 g/mol. The minimum Gasteiger partial charge on any atom is -0.492 e. The van der Waals surface area contributed by atoms with E-state index < -0.39 is 12.1 Å². The van der Waals surface area contributed by atoms with Gasteiger partial charge in [-0.05, 0) is 30.3 Å². The lowest BCUT2D eigenvalue weighted by Gasteiger charge is -2.12. The highest BCUT2D eigenvalue weighted by Crippen LogP contribution is 2.17. The number of ether oxygens (including phenoxy) is 2. The fraction of sp³-hybridized carbons (Fsp3) is 0.294. The Labute approximate surface area is 145 Å². The van der Waals surface area contributed by atoms with Crippen LogP contribution in [0.2, 0.25) is 0 Å². The predicted octanol–water partition coefficient (Wildman–Crippen LogP) is 0.829. The Morgan fingerprint density at radius 1 is 1.16 bits per heavy atom. The van der Waals surface area contributed by atoms with Gasteiger partial charge < -0.3 is 30.7 Å². The Morgan fingerprint density at radius 2 is 1.84 bits per heavy atom. The van der Waals surface area contributed by atoms with E-state index in [0.717, 1.165) is 0 Å².